The number of aliphatic hydroxyl groups excluding tert-OH is 1. The molecular weight excluding hydrogens is 226 g/mol. The van der Waals surface area contributed by atoms with Gasteiger partial charge >= 0.3 is 0 Å². The van der Waals surface area contributed by atoms with Gasteiger partial charge in [-0.25, -0.2) is 8.78 Å². The molecule has 0 saturated heterocycles. The van der Waals surface area contributed by atoms with Crippen molar-refractivity contribution < 1.29 is 13.9 Å². The number of hydrogen-bond donors (Lipinski definition) is 1. The Balaban J connectivity index is 2.36. The van der Waals surface area contributed by atoms with Gasteiger partial charge in [-0.15, -0.1) is 0 Å². The first-order chi connectivity index (χ1) is 8.13. The quantitative estimate of drug-likeness (QED) is 0.890. The smallest absolute Gasteiger partial charge is 0.164 e. The highest BCUT2D eigenvalue weighted by atomic mass is 19.2. The van der Waals surface area contributed by atoms with Crippen LogP contribution in [-0.2, 0) is 6.54 Å². The third-order valence-corrected chi connectivity index (χ3v) is 2.57. The minimum absolute atomic E-state index is 0.0827. The van der Waals surface area contributed by atoms with Crippen molar-refractivity contribution in [2.24, 2.45) is 0 Å². The molecule has 2 aromatic rings. The molecule has 0 aliphatic carbocycles. The fourth-order valence-electron chi connectivity index (χ4n) is 1.60. The first-order valence-electron chi connectivity index (χ1n) is 5.27. The maximum atomic E-state index is 13.5. The Kier molecular flexibility index (Phi) is 3.19. The maximum Gasteiger partial charge on any atom is 0.164 e. The number of aryl methyl sites for hydroxylation is 1. The Bertz CT molecular complexity index is 525. The normalized spacial score (nSPS) is 12.7. The predicted octanol–water partition coefficient (Wildman–Crippen LogP) is 2.26. The zero-order chi connectivity index (χ0) is 12.4. The van der Waals surface area contributed by atoms with Crippen LogP contribution >= 0.6 is 0 Å². The minimum Gasteiger partial charge on any atom is -0.383 e. The van der Waals surface area contributed by atoms with Crippen molar-refractivity contribution in [1.82, 2.24) is 9.78 Å². The van der Waals surface area contributed by atoms with Crippen LogP contribution in [0.2, 0.25) is 0 Å². The summed E-state index contributed by atoms with van der Waals surface area (Å²) in [7, 11) is 0. The molecule has 0 spiro atoms. The summed E-state index contributed by atoms with van der Waals surface area (Å²) in [6.45, 7) is 2.55. The number of benzene rings is 1. The molecule has 17 heavy (non-hydrogen) atoms. The topological polar surface area (TPSA) is 38.0 Å². The molecule has 1 aromatic carbocycles. The fraction of sp³-hybridized carbons (Fsp3) is 0.250. The summed E-state index contributed by atoms with van der Waals surface area (Å²) in [6, 6.07) is 3.73. The Morgan fingerprint density at radius 2 is 2.18 bits per heavy atom. The van der Waals surface area contributed by atoms with Gasteiger partial charge in [0.15, 0.2) is 11.6 Å². The lowest BCUT2D eigenvalue weighted by molar-refractivity contribution is 0.213. The van der Waals surface area contributed by atoms with E-state index in [-0.39, 0.29) is 5.56 Å². The van der Waals surface area contributed by atoms with Crippen LogP contribution < -0.4 is 0 Å². The lowest BCUT2D eigenvalue weighted by Gasteiger charge is -2.10. The van der Waals surface area contributed by atoms with Crippen molar-refractivity contribution in [1.29, 1.82) is 0 Å². The Morgan fingerprint density at radius 3 is 2.82 bits per heavy atom. The number of rotatable bonds is 3. The van der Waals surface area contributed by atoms with Crippen molar-refractivity contribution in [3.63, 3.8) is 0 Å². The molecule has 3 nitrogen and oxygen atoms in total. The number of aliphatic hydroxyl groups is 1. The molecule has 0 aliphatic rings. The Hall–Kier alpha value is -1.75. The SMILES string of the molecule is CCn1cc(C(O)c2cccc(F)c2F)cn1. The summed E-state index contributed by atoms with van der Waals surface area (Å²) < 4.78 is 28.1. The van der Waals surface area contributed by atoms with Crippen molar-refractivity contribution >= 4 is 0 Å². The summed E-state index contributed by atoms with van der Waals surface area (Å²) >= 11 is 0. The standard InChI is InChI=1S/C12H12F2N2O/c1-2-16-7-8(6-15-16)12(17)9-4-3-5-10(13)11(9)14/h3-7,12,17H,2H2,1H3. The Labute approximate surface area is 97.3 Å². The molecular formula is C12H12F2N2O. The fourth-order valence-corrected chi connectivity index (χ4v) is 1.60. The summed E-state index contributed by atoms with van der Waals surface area (Å²) in [6.07, 6.45) is 1.85. The second kappa shape index (κ2) is 4.63. The predicted molar refractivity (Wildman–Crippen MR) is 58.3 cm³/mol. The van der Waals surface area contributed by atoms with Crippen LogP contribution in [0.4, 0.5) is 8.78 Å². The molecule has 1 atom stereocenters. The number of hydrogen-bond acceptors (Lipinski definition) is 2. The highest BCUT2D eigenvalue weighted by Crippen LogP contribution is 2.25. The van der Waals surface area contributed by atoms with E-state index < -0.39 is 17.7 Å². The number of nitrogens with zero attached hydrogens (tertiary/aromatic N) is 2. The van der Waals surface area contributed by atoms with Gasteiger partial charge < -0.3 is 5.11 Å². The third kappa shape index (κ3) is 2.19. The molecule has 1 heterocycles. The van der Waals surface area contributed by atoms with E-state index in [4.69, 9.17) is 0 Å². The second-order valence-electron chi connectivity index (χ2n) is 3.67. The van der Waals surface area contributed by atoms with Gasteiger partial charge in [0, 0.05) is 23.9 Å². The zero-order valence-electron chi connectivity index (χ0n) is 9.27. The van der Waals surface area contributed by atoms with Crippen LogP contribution in [0.15, 0.2) is 30.6 Å². The molecule has 0 saturated carbocycles. The molecule has 90 valence electrons. The lowest BCUT2D eigenvalue weighted by atomic mass is 10.0. The molecule has 2 rings (SSSR count). The second-order valence-corrected chi connectivity index (χ2v) is 3.67. The molecule has 0 fully saturated rings. The van der Waals surface area contributed by atoms with Gasteiger partial charge in [-0.05, 0) is 13.0 Å². The van der Waals surface area contributed by atoms with E-state index in [1.807, 2.05) is 6.92 Å². The first kappa shape index (κ1) is 11.7. The van der Waals surface area contributed by atoms with Crippen LogP contribution in [0.25, 0.3) is 0 Å². The van der Waals surface area contributed by atoms with E-state index in [1.165, 1.54) is 18.3 Å². The molecule has 0 radical (unpaired) electrons. The zero-order valence-corrected chi connectivity index (χ0v) is 9.27. The van der Waals surface area contributed by atoms with Gasteiger partial charge in [0.25, 0.3) is 0 Å². The van der Waals surface area contributed by atoms with Crippen LogP contribution in [0, 0.1) is 11.6 Å². The van der Waals surface area contributed by atoms with Gasteiger partial charge in [-0.3, -0.25) is 4.68 Å². The molecule has 1 N–H and O–H groups in total. The average molecular weight is 238 g/mol. The van der Waals surface area contributed by atoms with Gasteiger partial charge in [-0.1, -0.05) is 12.1 Å². The molecule has 0 bridgehead atoms. The first-order valence-corrected chi connectivity index (χ1v) is 5.27. The molecule has 5 heteroatoms. The van der Waals surface area contributed by atoms with Gasteiger partial charge in [0.05, 0.1) is 6.20 Å². The van der Waals surface area contributed by atoms with Crippen LogP contribution in [0.3, 0.4) is 0 Å². The van der Waals surface area contributed by atoms with Gasteiger partial charge in [0.1, 0.15) is 6.10 Å². The van der Waals surface area contributed by atoms with E-state index >= 15 is 0 Å². The number of aromatic nitrogens is 2. The van der Waals surface area contributed by atoms with E-state index in [9.17, 15) is 13.9 Å². The third-order valence-electron chi connectivity index (χ3n) is 2.57. The lowest BCUT2D eigenvalue weighted by Crippen LogP contribution is -2.03. The Morgan fingerprint density at radius 1 is 1.41 bits per heavy atom. The van der Waals surface area contributed by atoms with Crippen molar-refractivity contribution in [2.45, 2.75) is 19.6 Å². The van der Waals surface area contributed by atoms with Gasteiger partial charge in [0.2, 0.25) is 0 Å². The minimum atomic E-state index is -1.20. The molecule has 0 aliphatic heterocycles. The summed E-state index contributed by atoms with van der Waals surface area (Å²) in [4.78, 5) is 0. The van der Waals surface area contributed by atoms with Gasteiger partial charge in [-0.2, -0.15) is 5.10 Å². The van der Waals surface area contributed by atoms with E-state index in [1.54, 1.807) is 10.9 Å². The molecule has 1 unspecified atom stereocenters. The highest BCUT2D eigenvalue weighted by molar-refractivity contribution is 5.28. The summed E-state index contributed by atoms with van der Waals surface area (Å²) in [5.74, 6) is -1.99. The maximum absolute atomic E-state index is 13.5. The monoisotopic (exact) mass is 238 g/mol. The van der Waals surface area contributed by atoms with E-state index in [0.717, 1.165) is 6.07 Å². The van der Waals surface area contributed by atoms with Crippen molar-refractivity contribution in [3.05, 3.63) is 53.4 Å². The highest BCUT2D eigenvalue weighted by Gasteiger charge is 2.18. The summed E-state index contributed by atoms with van der Waals surface area (Å²) in [5, 5.41) is 13.9. The number of halogens is 2. The van der Waals surface area contributed by atoms with Crippen LogP contribution in [0.1, 0.15) is 24.2 Å². The molecule has 0 amide bonds. The summed E-state index contributed by atoms with van der Waals surface area (Å²) in [5.41, 5.74) is 0.358. The van der Waals surface area contributed by atoms with Crippen LogP contribution in [0.5, 0.6) is 0 Å². The largest absolute Gasteiger partial charge is 0.383 e. The van der Waals surface area contributed by atoms with E-state index in [2.05, 4.69) is 5.10 Å². The average Bonchev–Trinajstić information content (AvgIpc) is 2.80. The van der Waals surface area contributed by atoms with Crippen molar-refractivity contribution in [2.75, 3.05) is 0 Å². The van der Waals surface area contributed by atoms with Crippen molar-refractivity contribution in [3.8, 4) is 0 Å². The van der Waals surface area contributed by atoms with Crippen LogP contribution in [-0.4, -0.2) is 14.9 Å². The molecule has 1 aromatic heterocycles. The van der Waals surface area contributed by atoms with E-state index in [0.29, 0.717) is 12.1 Å².